The molecule has 1 aromatic rings. The van der Waals surface area contributed by atoms with Gasteiger partial charge in [-0.3, -0.25) is 0 Å². The molecule has 1 aromatic carbocycles. The van der Waals surface area contributed by atoms with Gasteiger partial charge in [-0.15, -0.1) is 0 Å². The molecule has 1 N–H and O–H groups in total. The quantitative estimate of drug-likeness (QED) is 0.851. The van der Waals surface area contributed by atoms with E-state index in [9.17, 15) is 5.11 Å². The number of ether oxygens (including phenoxy) is 1. The Bertz CT molecular complexity index is 408. The zero-order valence-electron chi connectivity index (χ0n) is 12.4. The SMILES string of the molecule is CCOC1CC(CC(O)Cc2cc(C)ccc2C)C1. The molecule has 19 heavy (non-hydrogen) atoms. The molecule has 106 valence electrons. The summed E-state index contributed by atoms with van der Waals surface area (Å²) in [5.74, 6) is 0.650. The fraction of sp³-hybridized carbons (Fsp3) is 0.647. The van der Waals surface area contributed by atoms with E-state index in [2.05, 4.69) is 32.0 Å². The molecule has 2 rings (SSSR count). The van der Waals surface area contributed by atoms with Crippen molar-refractivity contribution in [2.75, 3.05) is 6.61 Å². The maximum atomic E-state index is 10.2. The summed E-state index contributed by atoms with van der Waals surface area (Å²) in [5.41, 5.74) is 3.84. The lowest BCUT2D eigenvalue weighted by Crippen LogP contribution is -2.34. The summed E-state index contributed by atoms with van der Waals surface area (Å²) in [6.45, 7) is 7.08. The van der Waals surface area contributed by atoms with Crippen LogP contribution in [0.5, 0.6) is 0 Å². The summed E-state index contributed by atoms with van der Waals surface area (Å²) < 4.78 is 5.56. The van der Waals surface area contributed by atoms with Crippen molar-refractivity contribution in [2.45, 2.75) is 58.7 Å². The summed E-state index contributed by atoms with van der Waals surface area (Å²) in [5, 5.41) is 10.2. The minimum absolute atomic E-state index is 0.215. The summed E-state index contributed by atoms with van der Waals surface area (Å²) in [6, 6.07) is 6.47. The van der Waals surface area contributed by atoms with Gasteiger partial charge in [0.2, 0.25) is 0 Å². The second-order valence-electron chi connectivity index (χ2n) is 5.94. The fourth-order valence-electron chi connectivity index (χ4n) is 2.98. The average Bonchev–Trinajstić information content (AvgIpc) is 2.31. The van der Waals surface area contributed by atoms with E-state index >= 15 is 0 Å². The van der Waals surface area contributed by atoms with Gasteiger partial charge in [-0.05, 0) is 63.5 Å². The Morgan fingerprint density at radius 2 is 2.05 bits per heavy atom. The topological polar surface area (TPSA) is 29.5 Å². The molecule has 2 nitrogen and oxygen atoms in total. The maximum Gasteiger partial charge on any atom is 0.0583 e. The van der Waals surface area contributed by atoms with Crippen LogP contribution in [-0.2, 0) is 11.2 Å². The van der Waals surface area contributed by atoms with Gasteiger partial charge in [0.25, 0.3) is 0 Å². The van der Waals surface area contributed by atoms with Crippen molar-refractivity contribution < 1.29 is 9.84 Å². The summed E-state index contributed by atoms with van der Waals surface area (Å²) >= 11 is 0. The molecule has 0 heterocycles. The first-order valence-corrected chi connectivity index (χ1v) is 7.44. The van der Waals surface area contributed by atoms with Crippen LogP contribution in [0.4, 0.5) is 0 Å². The van der Waals surface area contributed by atoms with Crippen molar-refractivity contribution in [3.63, 3.8) is 0 Å². The Morgan fingerprint density at radius 1 is 1.32 bits per heavy atom. The highest BCUT2D eigenvalue weighted by molar-refractivity contribution is 5.30. The molecule has 1 unspecified atom stereocenters. The number of hydrogen-bond acceptors (Lipinski definition) is 2. The molecule has 0 spiro atoms. The van der Waals surface area contributed by atoms with E-state index in [0.717, 1.165) is 32.3 Å². The Morgan fingerprint density at radius 3 is 2.74 bits per heavy atom. The highest BCUT2D eigenvalue weighted by atomic mass is 16.5. The molecule has 0 aromatic heterocycles. The third-order valence-electron chi connectivity index (χ3n) is 4.16. The van der Waals surface area contributed by atoms with Crippen LogP contribution < -0.4 is 0 Å². The van der Waals surface area contributed by atoms with Gasteiger partial charge in [0.05, 0.1) is 12.2 Å². The van der Waals surface area contributed by atoms with Gasteiger partial charge >= 0.3 is 0 Å². The summed E-state index contributed by atoms with van der Waals surface area (Å²) in [7, 11) is 0. The molecular weight excluding hydrogens is 236 g/mol. The van der Waals surface area contributed by atoms with E-state index < -0.39 is 0 Å². The Kier molecular flexibility index (Phi) is 5.00. The van der Waals surface area contributed by atoms with Gasteiger partial charge in [-0.1, -0.05) is 23.8 Å². The molecule has 1 aliphatic carbocycles. The monoisotopic (exact) mass is 262 g/mol. The number of rotatable bonds is 6. The third kappa shape index (κ3) is 4.05. The predicted octanol–water partition coefficient (Wildman–Crippen LogP) is 3.41. The Labute approximate surface area is 116 Å². The average molecular weight is 262 g/mol. The number of aryl methyl sites for hydroxylation is 2. The summed E-state index contributed by atoms with van der Waals surface area (Å²) in [6.07, 6.45) is 4.17. The Balaban J connectivity index is 1.79. The number of aliphatic hydroxyl groups is 1. The van der Waals surface area contributed by atoms with E-state index in [1.807, 2.05) is 6.92 Å². The second-order valence-corrected chi connectivity index (χ2v) is 5.94. The lowest BCUT2D eigenvalue weighted by Gasteiger charge is -2.36. The van der Waals surface area contributed by atoms with Crippen molar-refractivity contribution >= 4 is 0 Å². The van der Waals surface area contributed by atoms with Crippen LogP contribution in [0.1, 0.15) is 42.9 Å². The molecular formula is C17H26O2. The zero-order chi connectivity index (χ0) is 13.8. The molecule has 1 atom stereocenters. The van der Waals surface area contributed by atoms with Crippen molar-refractivity contribution in [2.24, 2.45) is 5.92 Å². The standard InChI is InChI=1S/C17H26O2/c1-4-19-17-9-14(10-17)8-16(18)11-15-7-12(2)5-6-13(15)3/h5-7,14,16-18H,4,8-11H2,1-3H3. The lowest BCUT2D eigenvalue weighted by molar-refractivity contribution is -0.0375. The smallest absolute Gasteiger partial charge is 0.0583 e. The van der Waals surface area contributed by atoms with E-state index in [4.69, 9.17) is 4.74 Å². The lowest BCUT2D eigenvalue weighted by atomic mass is 9.78. The van der Waals surface area contributed by atoms with Crippen molar-refractivity contribution in [3.8, 4) is 0 Å². The van der Waals surface area contributed by atoms with Crippen LogP contribution in [0.3, 0.4) is 0 Å². The maximum absolute atomic E-state index is 10.2. The van der Waals surface area contributed by atoms with E-state index in [0.29, 0.717) is 12.0 Å². The zero-order valence-corrected chi connectivity index (χ0v) is 12.4. The second kappa shape index (κ2) is 6.53. The predicted molar refractivity (Wildman–Crippen MR) is 78.4 cm³/mol. The van der Waals surface area contributed by atoms with Crippen LogP contribution in [0.15, 0.2) is 18.2 Å². The first kappa shape index (κ1) is 14.5. The largest absolute Gasteiger partial charge is 0.393 e. The van der Waals surface area contributed by atoms with Gasteiger partial charge < -0.3 is 9.84 Å². The van der Waals surface area contributed by atoms with Gasteiger partial charge in [0, 0.05) is 6.61 Å². The van der Waals surface area contributed by atoms with E-state index in [1.165, 1.54) is 16.7 Å². The molecule has 0 saturated heterocycles. The summed E-state index contributed by atoms with van der Waals surface area (Å²) in [4.78, 5) is 0. The molecule has 0 aliphatic heterocycles. The van der Waals surface area contributed by atoms with Crippen LogP contribution in [0.25, 0.3) is 0 Å². The van der Waals surface area contributed by atoms with Crippen molar-refractivity contribution in [3.05, 3.63) is 34.9 Å². The van der Waals surface area contributed by atoms with Gasteiger partial charge in [-0.25, -0.2) is 0 Å². The molecule has 0 radical (unpaired) electrons. The van der Waals surface area contributed by atoms with Crippen LogP contribution >= 0.6 is 0 Å². The molecule has 1 aliphatic rings. The first-order chi connectivity index (χ1) is 9.08. The van der Waals surface area contributed by atoms with E-state index in [1.54, 1.807) is 0 Å². The highest BCUT2D eigenvalue weighted by Gasteiger charge is 2.30. The van der Waals surface area contributed by atoms with Gasteiger partial charge in [0.15, 0.2) is 0 Å². The highest BCUT2D eigenvalue weighted by Crippen LogP contribution is 2.34. The van der Waals surface area contributed by atoms with Crippen LogP contribution in [-0.4, -0.2) is 23.9 Å². The van der Waals surface area contributed by atoms with E-state index in [-0.39, 0.29) is 6.10 Å². The number of hydrogen-bond donors (Lipinski definition) is 1. The van der Waals surface area contributed by atoms with Crippen LogP contribution in [0.2, 0.25) is 0 Å². The molecule has 0 bridgehead atoms. The minimum atomic E-state index is -0.215. The number of aliphatic hydroxyl groups excluding tert-OH is 1. The van der Waals surface area contributed by atoms with Gasteiger partial charge in [0.1, 0.15) is 0 Å². The molecule has 2 heteroatoms. The number of benzene rings is 1. The Hall–Kier alpha value is -0.860. The van der Waals surface area contributed by atoms with Crippen molar-refractivity contribution in [1.82, 2.24) is 0 Å². The normalized spacial score (nSPS) is 24.0. The fourth-order valence-corrected chi connectivity index (χ4v) is 2.98. The van der Waals surface area contributed by atoms with Crippen LogP contribution in [0, 0.1) is 19.8 Å². The molecule has 1 saturated carbocycles. The molecule has 0 amide bonds. The first-order valence-electron chi connectivity index (χ1n) is 7.44. The third-order valence-corrected chi connectivity index (χ3v) is 4.16. The molecule has 1 fully saturated rings. The minimum Gasteiger partial charge on any atom is -0.393 e. The van der Waals surface area contributed by atoms with Gasteiger partial charge in [-0.2, -0.15) is 0 Å². The van der Waals surface area contributed by atoms with Crippen molar-refractivity contribution in [1.29, 1.82) is 0 Å².